The van der Waals surface area contributed by atoms with Crippen molar-refractivity contribution < 1.29 is 18.4 Å². The van der Waals surface area contributed by atoms with Crippen molar-refractivity contribution in [3.05, 3.63) is 53.4 Å². The fourth-order valence-corrected chi connectivity index (χ4v) is 2.88. The fraction of sp³-hybridized carbons (Fsp3) is 0. The van der Waals surface area contributed by atoms with Crippen molar-refractivity contribution in [2.24, 2.45) is 0 Å². The number of carbonyl (C=O) groups excluding carboxylic acids is 2. The molecule has 1 aromatic carbocycles. The Labute approximate surface area is 129 Å². The maximum atomic E-state index is 13.4. The van der Waals surface area contributed by atoms with Crippen LogP contribution < -0.4 is 5.32 Å². The van der Waals surface area contributed by atoms with Gasteiger partial charge in [0.25, 0.3) is 5.91 Å². The second-order valence-electron chi connectivity index (χ2n) is 3.72. The first kappa shape index (κ1) is 15.0. The molecule has 0 radical (unpaired) electrons. The molecular formula is C12H7F2IN2O2S. The molecule has 0 saturated heterocycles. The van der Waals surface area contributed by atoms with E-state index in [0.717, 1.165) is 6.07 Å². The largest absolute Gasteiger partial charge is 0.319 e. The molecule has 2 rings (SSSR count). The molecule has 0 saturated carbocycles. The van der Waals surface area contributed by atoms with Gasteiger partial charge in [0.15, 0.2) is 17.9 Å². The third kappa shape index (κ3) is 3.01. The van der Waals surface area contributed by atoms with E-state index < -0.39 is 17.5 Å². The van der Waals surface area contributed by atoms with E-state index in [1.807, 2.05) is 21.2 Å². The van der Waals surface area contributed by atoms with Gasteiger partial charge in [-0.15, -0.1) is 0 Å². The molecule has 1 amide bonds. The van der Waals surface area contributed by atoms with Crippen LogP contribution in [0.25, 0.3) is 0 Å². The zero-order valence-electron chi connectivity index (χ0n) is 9.77. The summed E-state index contributed by atoms with van der Waals surface area (Å²) < 4.78 is 28.0. The van der Waals surface area contributed by atoms with Crippen LogP contribution in [0.2, 0.25) is 0 Å². The molecule has 0 spiro atoms. The summed E-state index contributed by atoms with van der Waals surface area (Å²) in [6, 6.07) is 4.86. The van der Waals surface area contributed by atoms with Gasteiger partial charge in [-0.05, 0) is 18.2 Å². The molecule has 0 bridgehead atoms. The van der Waals surface area contributed by atoms with Crippen LogP contribution in [-0.2, 0) is 0 Å². The minimum absolute atomic E-state index is 0.180. The van der Waals surface area contributed by atoms with Crippen molar-refractivity contribution in [3.63, 3.8) is 0 Å². The highest BCUT2D eigenvalue weighted by Crippen LogP contribution is 2.22. The number of amides is 1. The first-order valence-corrected chi connectivity index (χ1v) is 8.60. The van der Waals surface area contributed by atoms with Gasteiger partial charge in [0.05, 0.1) is 16.9 Å². The summed E-state index contributed by atoms with van der Waals surface area (Å²) in [6.07, 6.45) is 2.04. The SMILES string of the molecule is O=Cc1cc(C(=O)Nc2cccc(F)c2F)cn1SI. The molecule has 0 fully saturated rings. The number of benzene rings is 1. The van der Waals surface area contributed by atoms with E-state index in [2.05, 4.69) is 5.32 Å². The second-order valence-corrected chi connectivity index (χ2v) is 5.43. The summed E-state index contributed by atoms with van der Waals surface area (Å²) >= 11 is 1.95. The van der Waals surface area contributed by atoms with Crippen LogP contribution in [0.3, 0.4) is 0 Å². The summed E-state index contributed by atoms with van der Waals surface area (Å²) in [4.78, 5) is 22.7. The number of hydrogen-bond donors (Lipinski definition) is 1. The summed E-state index contributed by atoms with van der Waals surface area (Å²) in [7, 11) is 1.21. The summed E-state index contributed by atoms with van der Waals surface area (Å²) in [5.41, 5.74) is 0.228. The van der Waals surface area contributed by atoms with Crippen LogP contribution in [0.1, 0.15) is 20.8 Å². The lowest BCUT2D eigenvalue weighted by Gasteiger charge is -2.05. The van der Waals surface area contributed by atoms with Gasteiger partial charge in [0.2, 0.25) is 0 Å². The predicted molar refractivity (Wildman–Crippen MR) is 81.1 cm³/mol. The molecule has 0 aliphatic rings. The van der Waals surface area contributed by atoms with E-state index >= 15 is 0 Å². The normalized spacial score (nSPS) is 10.3. The van der Waals surface area contributed by atoms with Crippen LogP contribution in [0.4, 0.5) is 14.5 Å². The topological polar surface area (TPSA) is 51.1 Å². The van der Waals surface area contributed by atoms with E-state index in [9.17, 15) is 18.4 Å². The molecule has 1 N–H and O–H groups in total. The van der Waals surface area contributed by atoms with Crippen molar-refractivity contribution in [1.29, 1.82) is 0 Å². The third-order valence-corrected chi connectivity index (χ3v) is 4.21. The first-order chi connectivity index (χ1) is 9.56. The summed E-state index contributed by atoms with van der Waals surface area (Å²) in [5, 5.41) is 2.26. The van der Waals surface area contributed by atoms with E-state index in [4.69, 9.17) is 0 Å². The first-order valence-electron chi connectivity index (χ1n) is 5.29. The average Bonchev–Trinajstić information content (AvgIpc) is 2.87. The summed E-state index contributed by atoms with van der Waals surface area (Å²) in [5.74, 6) is -2.79. The number of aldehydes is 1. The van der Waals surface area contributed by atoms with Gasteiger partial charge in [-0.1, -0.05) is 6.07 Å². The van der Waals surface area contributed by atoms with E-state index in [-0.39, 0.29) is 11.3 Å². The Hall–Kier alpha value is -1.42. The van der Waals surface area contributed by atoms with Crippen molar-refractivity contribution in [1.82, 2.24) is 3.97 Å². The van der Waals surface area contributed by atoms with Crippen LogP contribution >= 0.6 is 30.3 Å². The maximum absolute atomic E-state index is 13.4. The van der Waals surface area contributed by atoms with Crippen molar-refractivity contribution in [2.75, 3.05) is 5.32 Å². The number of carbonyl (C=O) groups is 2. The van der Waals surface area contributed by atoms with E-state index in [0.29, 0.717) is 12.0 Å². The van der Waals surface area contributed by atoms with Gasteiger partial charge in [-0.25, -0.2) is 8.78 Å². The van der Waals surface area contributed by atoms with Gasteiger partial charge in [-0.2, -0.15) is 0 Å². The smallest absolute Gasteiger partial charge is 0.257 e. The third-order valence-electron chi connectivity index (χ3n) is 2.47. The molecule has 0 atom stereocenters. The Balaban J connectivity index is 2.26. The number of anilines is 1. The highest BCUT2D eigenvalue weighted by molar-refractivity contribution is 14.2. The molecule has 0 aliphatic heterocycles. The van der Waals surface area contributed by atoms with E-state index in [1.165, 1.54) is 37.5 Å². The zero-order valence-corrected chi connectivity index (χ0v) is 12.7. The van der Waals surface area contributed by atoms with Crippen molar-refractivity contribution in [2.45, 2.75) is 0 Å². The number of halogens is 3. The number of aromatic nitrogens is 1. The van der Waals surface area contributed by atoms with Gasteiger partial charge in [0.1, 0.15) is 0 Å². The lowest BCUT2D eigenvalue weighted by Crippen LogP contribution is -2.12. The fourth-order valence-electron chi connectivity index (χ4n) is 1.53. The average molecular weight is 408 g/mol. The summed E-state index contributed by atoms with van der Waals surface area (Å²) in [6.45, 7) is 0. The molecule has 4 nitrogen and oxygen atoms in total. The number of hydrogen-bond acceptors (Lipinski definition) is 3. The maximum Gasteiger partial charge on any atom is 0.257 e. The molecular weight excluding hydrogens is 401 g/mol. The van der Waals surface area contributed by atoms with Crippen LogP contribution in [-0.4, -0.2) is 16.2 Å². The minimum atomic E-state index is -1.13. The number of rotatable bonds is 4. The van der Waals surface area contributed by atoms with Crippen LogP contribution in [0.15, 0.2) is 30.5 Å². The Morgan fingerprint density at radius 3 is 2.75 bits per heavy atom. The van der Waals surface area contributed by atoms with Gasteiger partial charge in [0, 0.05) is 36.5 Å². The molecule has 8 heteroatoms. The Morgan fingerprint density at radius 1 is 1.40 bits per heavy atom. The molecule has 0 aliphatic carbocycles. The lowest BCUT2D eigenvalue weighted by molar-refractivity contribution is 0.102. The quantitative estimate of drug-likeness (QED) is 0.621. The molecule has 20 heavy (non-hydrogen) atoms. The van der Waals surface area contributed by atoms with E-state index in [1.54, 1.807) is 0 Å². The Morgan fingerprint density at radius 2 is 2.15 bits per heavy atom. The number of nitrogens with one attached hydrogen (secondary N) is 1. The Bertz CT molecular complexity index is 675. The van der Waals surface area contributed by atoms with Gasteiger partial charge in [-0.3, -0.25) is 13.6 Å². The highest BCUT2D eigenvalue weighted by atomic mass is 127. The second kappa shape index (κ2) is 6.35. The lowest BCUT2D eigenvalue weighted by atomic mass is 10.2. The van der Waals surface area contributed by atoms with Gasteiger partial charge >= 0.3 is 0 Å². The van der Waals surface area contributed by atoms with Crippen LogP contribution in [0.5, 0.6) is 0 Å². The Kier molecular flexibility index (Phi) is 4.76. The molecule has 1 aromatic heterocycles. The standard InChI is InChI=1S/C12H7F2IN2O2S/c13-9-2-1-3-10(11(9)14)16-12(19)7-4-8(6-18)17(5-7)20-15/h1-6H,(H,16,19). The predicted octanol–water partition coefficient (Wildman–Crippen LogP) is 3.68. The molecule has 2 aromatic rings. The van der Waals surface area contributed by atoms with Crippen LogP contribution in [0, 0.1) is 11.6 Å². The van der Waals surface area contributed by atoms with Crippen molar-refractivity contribution >= 4 is 48.2 Å². The number of nitrogens with zero attached hydrogens (tertiary/aromatic N) is 1. The van der Waals surface area contributed by atoms with Crippen molar-refractivity contribution in [3.8, 4) is 0 Å². The monoisotopic (exact) mass is 408 g/mol. The van der Waals surface area contributed by atoms with Gasteiger partial charge < -0.3 is 5.32 Å². The minimum Gasteiger partial charge on any atom is -0.319 e. The molecule has 104 valence electrons. The zero-order chi connectivity index (χ0) is 14.7. The highest BCUT2D eigenvalue weighted by Gasteiger charge is 2.15. The molecule has 1 heterocycles. The molecule has 0 unspecified atom stereocenters.